The van der Waals surface area contributed by atoms with Crippen molar-refractivity contribution in [2.75, 3.05) is 18.6 Å². The van der Waals surface area contributed by atoms with Crippen LogP contribution in [0.25, 0.3) is 0 Å². The maximum Gasteiger partial charge on any atom is 0.328 e. The number of rotatable bonds is 7. The summed E-state index contributed by atoms with van der Waals surface area (Å²) in [5, 5.41) is 13.2. The van der Waals surface area contributed by atoms with Gasteiger partial charge in [-0.3, -0.25) is 19.7 Å². The number of amides is 2. The summed E-state index contributed by atoms with van der Waals surface area (Å²) in [6, 6.07) is 12.9. The molecule has 146 valence electrons. The smallest absolute Gasteiger partial charge is 0.328 e. The lowest BCUT2D eigenvalue weighted by molar-refractivity contribution is -0.384. The van der Waals surface area contributed by atoms with Gasteiger partial charge in [-0.1, -0.05) is 24.3 Å². The van der Waals surface area contributed by atoms with Gasteiger partial charge in [-0.2, -0.15) is 0 Å². The molecule has 0 aliphatic rings. The zero-order valence-corrected chi connectivity index (χ0v) is 15.3. The highest BCUT2D eigenvalue weighted by Crippen LogP contribution is 2.13. The molecule has 2 aromatic carbocycles. The van der Waals surface area contributed by atoms with Crippen molar-refractivity contribution in [2.24, 2.45) is 0 Å². The lowest BCUT2D eigenvalue weighted by Gasteiger charge is -2.18. The summed E-state index contributed by atoms with van der Waals surface area (Å²) in [5.74, 6) is -1.90. The number of benzene rings is 2. The molecule has 0 bridgehead atoms. The molecule has 0 saturated heterocycles. The highest BCUT2D eigenvalue weighted by Gasteiger charge is 2.21. The molecular formula is C19H19N3O6. The second kappa shape index (κ2) is 9.26. The fourth-order valence-electron chi connectivity index (χ4n) is 2.25. The van der Waals surface area contributed by atoms with Crippen LogP contribution < -0.4 is 10.2 Å². The Hall–Kier alpha value is -3.75. The molecule has 0 aromatic heterocycles. The largest absolute Gasteiger partial charge is 0.454 e. The monoisotopic (exact) mass is 385 g/mol. The van der Waals surface area contributed by atoms with Crippen LogP contribution in [0.3, 0.4) is 0 Å². The summed E-state index contributed by atoms with van der Waals surface area (Å²) in [6.45, 7) is 0.907. The van der Waals surface area contributed by atoms with Crippen LogP contribution in [-0.2, 0) is 14.3 Å². The van der Waals surface area contributed by atoms with Crippen molar-refractivity contribution in [1.82, 2.24) is 5.32 Å². The van der Waals surface area contributed by atoms with Crippen LogP contribution in [0, 0.1) is 10.1 Å². The van der Waals surface area contributed by atoms with E-state index >= 15 is 0 Å². The number of anilines is 1. The molecule has 0 aliphatic carbocycles. The molecule has 0 saturated carbocycles. The zero-order chi connectivity index (χ0) is 20.7. The van der Waals surface area contributed by atoms with E-state index in [1.165, 1.54) is 30.0 Å². The number of hydrogen-bond acceptors (Lipinski definition) is 6. The van der Waals surface area contributed by atoms with Crippen molar-refractivity contribution in [1.29, 1.82) is 0 Å². The Morgan fingerprint density at radius 2 is 1.82 bits per heavy atom. The van der Waals surface area contributed by atoms with Crippen LogP contribution in [0.1, 0.15) is 17.3 Å². The minimum atomic E-state index is -1.04. The number of hydrogen-bond donors (Lipinski definition) is 1. The Bertz CT molecular complexity index is 884. The van der Waals surface area contributed by atoms with Gasteiger partial charge >= 0.3 is 5.97 Å². The first-order valence-corrected chi connectivity index (χ1v) is 8.33. The van der Waals surface area contributed by atoms with E-state index in [9.17, 15) is 24.5 Å². The second-order valence-electron chi connectivity index (χ2n) is 5.90. The van der Waals surface area contributed by atoms with E-state index in [1.54, 1.807) is 31.3 Å². The molecule has 1 atom stereocenters. The van der Waals surface area contributed by atoms with Crippen LogP contribution in [-0.4, -0.2) is 42.4 Å². The molecule has 1 N–H and O–H groups in total. The molecule has 0 unspecified atom stereocenters. The number of likely N-dealkylation sites (N-methyl/N-ethyl adjacent to an activating group) is 1. The third-order valence-corrected chi connectivity index (χ3v) is 3.88. The van der Waals surface area contributed by atoms with Crippen LogP contribution >= 0.6 is 0 Å². The van der Waals surface area contributed by atoms with Gasteiger partial charge in [0.1, 0.15) is 6.04 Å². The number of carbonyl (C=O) groups is 3. The number of nitro groups is 1. The Morgan fingerprint density at radius 1 is 1.14 bits per heavy atom. The van der Waals surface area contributed by atoms with Gasteiger partial charge in [0.2, 0.25) is 0 Å². The van der Waals surface area contributed by atoms with Crippen molar-refractivity contribution in [3.05, 3.63) is 70.3 Å². The first-order chi connectivity index (χ1) is 13.3. The first-order valence-electron chi connectivity index (χ1n) is 8.33. The fraction of sp³-hybridized carbons (Fsp3) is 0.211. The number of para-hydroxylation sites is 1. The summed E-state index contributed by atoms with van der Waals surface area (Å²) in [5.41, 5.74) is 0.446. The third-order valence-electron chi connectivity index (χ3n) is 3.88. The van der Waals surface area contributed by atoms with Crippen LogP contribution in [0.4, 0.5) is 11.4 Å². The van der Waals surface area contributed by atoms with E-state index in [-0.39, 0.29) is 11.3 Å². The average Bonchev–Trinajstić information content (AvgIpc) is 2.71. The highest BCUT2D eigenvalue weighted by molar-refractivity contribution is 5.98. The second-order valence-corrected chi connectivity index (χ2v) is 5.90. The topological polar surface area (TPSA) is 119 Å². The number of esters is 1. The minimum absolute atomic E-state index is 0.0359. The Balaban J connectivity index is 1.88. The lowest BCUT2D eigenvalue weighted by atomic mass is 10.2. The molecule has 9 nitrogen and oxygen atoms in total. The molecule has 2 aromatic rings. The van der Waals surface area contributed by atoms with Gasteiger partial charge in [0.25, 0.3) is 17.5 Å². The molecule has 2 rings (SSSR count). The van der Waals surface area contributed by atoms with Crippen LogP contribution in [0.5, 0.6) is 0 Å². The third kappa shape index (κ3) is 5.37. The van der Waals surface area contributed by atoms with E-state index in [0.717, 1.165) is 6.07 Å². The average molecular weight is 385 g/mol. The van der Waals surface area contributed by atoms with Crippen LogP contribution in [0.2, 0.25) is 0 Å². The Labute approximate surface area is 161 Å². The Kier molecular flexibility index (Phi) is 6.80. The predicted octanol–water partition coefficient (Wildman–Crippen LogP) is 1.92. The van der Waals surface area contributed by atoms with Crippen molar-refractivity contribution in [3.63, 3.8) is 0 Å². The van der Waals surface area contributed by atoms with E-state index < -0.39 is 35.4 Å². The molecule has 0 heterocycles. The van der Waals surface area contributed by atoms with E-state index in [1.807, 2.05) is 6.07 Å². The number of ether oxygens (including phenoxy) is 1. The molecule has 2 amide bonds. The van der Waals surface area contributed by atoms with Gasteiger partial charge in [-0.25, -0.2) is 4.79 Å². The van der Waals surface area contributed by atoms with Gasteiger partial charge in [0, 0.05) is 30.4 Å². The fourth-order valence-corrected chi connectivity index (χ4v) is 2.25. The number of nitrogens with zero attached hydrogens (tertiary/aromatic N) is 2. The minimum Gasteiger partial charge on any atom is -0.454 e. The molecular weight excluding hydrogens is 366 g/mol. The first kappa shape index (κ1) is 20.6. The quantitative estimate of drug-likeness (QED) is 0.442. The maximum absolute atomic E-state index is 12.1. The molecule has 28 heavy (non-hydrogen) atoms. The lowest BCUT2D eigenvalue weighted by Crippen LogP contribution is -2.41. The SMILES string of the molecule is C[C@H](NC(=O)c1cccc([N+](=O)[O-])c1)C(=O)OCC(=O)N(C)c1ccccc1. The summed E-state index contributed by atoms with van der Waals surface area (Å²) >= 11 is 0. The summed E-state index contributed by atoms with van der Waals surface area (Å²) in [6.07, 6.45) is 0. The summed E-state index contributed by atoms with van der Waals surface area (Å²) in [4.78, 5) is 47.8. The summed E-state index contributed by atoms with van der Waals surface area (Å²) in [7, 11) is 1.55. The van der Waals surface area contributed by atoms with Crippen LogP contribution in [0.15, 0.2) is 54.6 Å². The molecule has 0 radical (unpaired) electrons. The van der Waals surface area contributed by atoms with Crippen molar-refractivity contribution in [2.45, 2.75) is 13.0 Å². The van der Waals surface area contributed by atoms with Gasteiger partial charge in [-0.15, -0.1) is 0 Å². The van der Waals surface area contributed by atoms with Gasteiger partial charge in [-0.05, 0) is 25.1 Å². The van der Waals surface area contributed by atoms with Gasteiger partial charge in [0.15, 0.2) is 6.61 Å². The molecule has 9 heteroatoms. The molecule has 0 aliphatic heterocycles. The molecule has 0 fully saturated rings. The van der Waals surface area contributed by atoms with Gasteiger partial charge < -0.3 is 15.0 Å². The van der Waals surface area contributed by atoms with E-state index in [0.29, 0.717) is 5.69 Å². The van der Waals surface area contributed by atoms with Crippen molar-refractivity contribution in [3.8, 4) is 0 Å². The normalized spacial score (nSPS) is 11.2. The number of nitro benzene ring substituents is 1. The van der Waals surface area contributed by atoms with E-state index in [4.69, 9.17) is 4.74 Å². The van der Waals surface area contributed by atoms with Gasteiger partial charge in [0.05, 0.1) is 4.92 Å². The standard InChI is InChI=1S/C19H19N3O6/c1-13(20-18(24)14-7-6-10-16(11-14)22(26)27)19(25)28-12-17(23)21(2)15-8-4-3-5-9-15/h3-11,13H,12H2,1-2H3,(H,20,24)/t13-/m0/s1. The summed E-state index contributed by atoms with van der Waals surface area (Å²) < 4.78 is 4.95. The van der Waals surface area contributed by atoms with Crippen molar-refractivity contribution < 1.29 is 24.0 Å². The number of carbonyl (C=O) groups excluding carboxylic acids is 3. The maximum atomic E-state index is 12.1. The van der Waals surface area contributed by atoms with E-state index in [2.05, 4.69) is 5.32 Å². The predicted molar refractivity (Wildman–Crippen MR) is 101 cm³/mol. The molecule has 0 spiro atoms. The number of nitrogens with one attached hydrogen (secondary N) is 1. The number of non-ortho nitro benzene ring substituents is 1. The highest BCUT2D eigenvalue weighted by atomic mass is 16.6. The Morgan fingerprint density at radius 3 is 2.46 bits per heavy atom. The zero-order valence-electron chi connectivity index (χ0n) is 15.3. The van der Waals surface area contributed by atoms with Crippen molar-refractivity contribution >= 4 is 29.2 Å².